The van der Waals surface area contributed by atoms with Gasteiger partial charge in [-0.15, -0.1) is 0 Å². The third kappa shape index (κ3) is 3.10. The predicted octanol–water partition coefficient (Wildman–Crippen LogP) is 1.74. The van der Waals surface area contributed by atoms with E-state index in [0.29, 0.717) is 0 Å². The van der Waals surface area contributed by atoms with Crippen LogP contribution >= 0.6 is 0 Å². The summed E-state index contributed by atoms with van der Waals surface area (Å²) in [6, 6.07) is -1.15. The molecule has 2 atom stereocenters. The molecule has 1 fully saturated rings. The maximum Gasteiger partial charge on any atom is 0.391 e. The van der Waals surface area contributed by atoms with Crippen molar-refractivity contribution in [1.82, 2.24) is 10.2 Å². The van der Waals surface area contributed by atoms with E-state index in [9.17, 15) is 18.0 Å². The maximum absolute atomic E-state index is 12.2. The van der Waals surface area contributed by atoms with E-state index in [2.05, 4.69) is 5.32 Å². The molecule has 3 nitrogen and oxygen atoms in total. The quantitative estimate of drug-likeness (QED) is 0.812. The summed E-state index contributed by atoms with van der Waals surface area (Å²) in [5.74, 6) is -0.137. The minimum Gasteiger partial charge on any atom is -0.325 e. The molecule has 1 saturated heterocycles. The molecule has 1 aliphatic rings. The minimum atomic E-state index is -4.23. The van der Waals surface area contributed by atoms with Crippen molar-refractivity contribution in [1.29, 1.82) is 0 Å². The molecule has 0 radical (unpaired) electrons. The molecule has 6 heteroatoms. The first kappa shape index (κ1) is 13.3. The lowest BCUT2D eigenvalue weighted by atomic mass is 10.0. The first-order valence-electron chi connectivity index (χ1n) is 5.33. The van der Waals surface area contributed by atoms with Gasteiger partial charge in [-0.1, -0.05) is 13.8 Å². The zero-order valence-electron chi connectivity index (χ0n) is 9.64. The van der Waals surface area contributed by atoms with Crippen LogP contribution in [0.4, 0.5) is 13.2 Å². The number of alkyl halides is 3. The molecule has 0 aromatic heterocycles. The number of halogens is 3. The molecule has 0 spiro atoms. The summed E-state index contributed by atoms with van der Waals surface area (Å²) < 4.78 is 36.6. The van der Waals surface area contributed by atoms with Crippen molar-refractivity contribution >= 4 is 5.91 Å². The Labute approximate surface area is 93.0 Å². The van der Waals surface area contributed by atoms with Gasteiger partial charge in [0.25, 0.3) is 0 Å². The van der Waals surface area contributed by atoms with E-state index in [1.807, 2.05) is 13.8 Å². The van der Waals surface area contributed by atoms with Crippen LogP contribution in [0.2, 0.25) is 0 Å². The van der Waals surface area contributed by atoms with Crippen LogP contribution in [0.25, 0.3) is 0 Å². The zero-order valence-corrected chi connectivity index (χ0v) is 9.64. The van der Waals surface area contributed by atoms with Gasteiger partial charge in [-0.2, -0.15) is 13.2 Å². The number of hydrogen-bond donors (Lipinski definition) is 1. The Morgan fingerprint density at radius 2 is 2.00 bits per heavy atom. The van der Waals surface area contributed by atoms with Crippen molar-refractivity contribution in [2.75, 3.05) is 6.67 Å². The van der Waals surface area contributed by atoms with Gasteiger partial charge in [-0.3, -0.25) is 10.1 Å². The Morgan fingerprint density at radius 3 is 2.38 bits per heavy atom. The highest BCUT2D eigenvalue weighted by molar-refractivity contribution is 5.84. The van der Waals surface area contributed by atoms with E-state index in [4.69, 9.17) is 0 Å². The third-order valence-electron chi connectivity index (χ3n) is 2.76. The third-order valence-corrected chi connectivity index (χ3v) is 2.76. The van der Waals surface area contributed by atoms with Crippen LogP contribution in [-0.4, -0.2) is 35.7 Å². The average Bonchev–Trinajstić information content (AvgIpc) is 2.43. The molecule has 1 N–H and O–H groups in total. The molecule has 2 unspecified atom stereocenters. The zero-order chi connectivity index (χ0) is 12.5. The van der Waals surface area contributed by atoms with E-state index >= 15 is 0 Å². The summed E-state index contributed by atoms with van der Waals surface area (Å²) in [5, 5.41) is 2.93. The smallest absolute Gasteiger partial charge is 0.325 e. The molecule has 0 aromatic rings. The highest BCUT2D eigenvalue weighted by atomic mass is 19.4. The van der Waals surface area contributed by atoms with Crippen molar-refractivity contribution in [2.45, 2.75) is 45.5 Å². The van der Waals surface area contributed by atoms with Crippen molar-refractivity contribution in [3.63, 3.8) is 0 Å². The fourth-order valence-corrected chi connectivity index (χ4v) is 1.88. The predicted molar refractivity (Wildman–Crippen MR) is 53.6 cm³/mol. The lowest BCUT2D eigenvalue weighted by Crippen LogP contribution is -2.40. The van der Waals surface area contributed by atoms with Crippen LogP contribution in [0.5, 0.6) is 0 Å². The summed E-state index contributed by atoms with van der Waals surface area (Å²) >= 11 is 0. The summed E-state index contributed by atoms with van der Waals surface area (Å²) in [5.41, 5.74) is 0. The molecule has 1 heterocycles. The van der Waals surface area contributed by atoms with Crippen LogP contribution < -0.4 is 5.32 Å². The summed E-state index contributed by atoms with van der Waals surface area (Å²) in [6.07, 6.45) is -5.18. The summed E-state index contributed by atoms with van der Waals surface area (Å²) in [6.45, 7) is 5.37. The first-order valence-corrected chi connectivity index (χ1v) is 5.33. The Bertz CT molecular complexity index is 265. The van der Waals surface area contributed by atoms with Crippen LogP contribution in [0.1, 0.15) is 27.2 Å². The lowest BCUT2D eigenvalue weighted by molar-refractivity contribution is -0.151. The standard InChI is InChI=1S/C10H17F3N2O/c1-6(2)8-9(16)15(5-14-8)7(3)4-10(11,12)13/h6-8,14H,4-5H2,1-3H3. The highest BCUT2D eigenvalue weighted by Gasteiger charge is 2.39. The second-order valence-corrected chi connectivity index (χ2v) is 4.56. The second-order valence-electron chi connectivity index (χ2n) is 4.56. The SMILES string of the molecule is CC(C)C1NCN(C(C)CC(F)(F)F)C1=O. The maximum atomic E-state index is 12.2. The number of carbonyl (C=O) groups excluding carboxylic acids is 1. The van der Waals surface area contributed by atoms with Crippen LogP contribution in [0.3, 0.4) is 0 Å². The van der Waals surface area contributed by atoms with Gasteiger partial charge in [0, 0.05) is 6.04 Å². The number of nitrogens with zero attached hydrogens (tertiary/aromatic N) is 1. The van der Waals surface area contributed by atoms with E-state index in [1.165, 1.54) is 11.8 Å². The van der Waals surface area contributed by atoms with Gasteiger partial charge in [0.15, 0.2) is 0 Å². The van der Waals surface area contributed by atoms with Gasteiger partial charge in [0.05, 0.1) is 19.1 Å². The Morgan fingerprint density at radius 1 is 1.44 bits per heavy atom. The van der Waals surface area contributed by atoms with Crippen LogP contribution in [-0.2, 0) is 4.79 Å². The lowest BCUT2D eigenvalue weighted by Gasteiger charge is -2.25. The number of hydrogen-bond acceptors (Lipinski definition) is 2. The first-order chi connectivity index (χ1) is 7.22. The number of rotatable bonds is 3. The minimum absolute atomic E-state index is 0.0931. The van der Waals surface area contributed by atoms with Crippen LogP contribution in [0, 0.1) is 5.92 Å². The van der Waals surface area contributed by atoms with Gasteiger partial charge in [-0.25, -0.2) is 0 Å². The number of nitrogens with one attached hydrogen (secondary N) is 1. The molecule has 0 bridgehead atoms. The normalized spacial score (nSPS) is 24.3. The topological polar surface area (TPSA) is 32.3 Å². The van der Waals surface area contributed by atoms with E-state index in [1.54, 1.807) is 0 Å². The largest absolute Gasteiger partial charge is 0.391 e. The fourth-order valence-electron chi connectivity index (χ4n) is 1.88. The molecular weight excluding hydrogens is 221 g/mol. The van der Waals surface area contributed by atoms with Crippen LogP contribution in [0.15, 0.2) is 0 Å². The molecule has 1 aliphatic heterocycles. The molecule has 0 aliphatic carbocycles. The number of amides is 1. The molecule has 1 amide bonds. The van der Waals surface area contributed by atoms with Gasteiger partial charge >= 0.3 is 6.18 Å². The molecule has 16 heavy (non-hydrogen) atoms. The van der Waals surface area contributed by atoms with Gasteiger partial charge in [-0.05, 0) is 12.8 Å². The van der Waals surface area contributed by atoms with Crippen molar-refractivity contribution in [3.8, 4) is 0 Å². The summed E-state index contributed by atoms with van der Waals surface area (Å²) in [7, 11) is 0. The fraction of sp³-hybridized carbons (Fsp3) is 0.900. The molecule has 94 valence electrons. The van der Waals surface area contributed by atoms with E-state index in [-0.39, 0.29) is 24.5 Å². The van der Waals surface area contributed by atoms with Gasteiger partial charge in [0.2, 0.25) is 5.91 Å². The average molecular weight is 238 g/mol. The van der Waals surface area contributed by atoms with Crippen molar-refractivity contribution in [2.24, 2.45) is 5.92 Å². The monoisotopic (exact) mass is 238 g/mol. The Kier molecular flexibility index (Phi) is 3.83. The second kappa shape index (κ2) is 4.61. The van der Waals surface area contributed by atoms with Gasteiger partial charge in [0.1, 0.15) is 0 Å². The Balaban J connectivity index is 2.60. The van der Waals surface area contributed by atoms with E-state index in [0.717, 1.165) is 0 Å². The van der Waals surface area contributed by atoms with Gasteiger partial charge < -0.3 is 4.90 Å². The van der Waals surface area contributed by atoms with E-state index < -0.39 is 18.6 Å². The molecule has 1 rings (SSSR count). The molecule has 0 saturated carbocycles. The molecule has 0 aromatic carbocycles. The van der Waals surface area contributed by atoms with Crippen molar-refractivity contribution < 1.29 is 18.0 Å². The summed E-state index contributed by atoms with van der Waals surface area (Å²) in [4.78, 5) is 13.0. The molecular formula is C10H17F3N2O. The number of carbonyl (C=O) groups is 1. The highest BCUT2D eigenvalue weighted by Crippen LogP contribution is 2.25. The van der Waals surface area contributed by atoms with Crippen molar-refractivity contribution in [3.05, 3.63) is 0 Å². The Hall–Kier alpha value is -0.780.